The fraction of sp³-hybridized carbons (Fsp3) is 0.684. The Hall–Kier alpha value is -0.860. The van der Waals surface area contributed by atoms with E-state index < -0.39 is 0 Å². The molecule has 2 rings (SSSR count). The van der Waals surface area contributed by atoms with Gasteiger partial charge < -0.3 is 10.1 Å². The van der Waals surface area contributed by atoms with Gasteiger partial charge in [-0.25, -0.2) is 0 Å². The second-order valence-corrected chi connectivity index (χ2v) is 6.91. The zero-order chi connectivity index (χ0) is 15.2. The summed E-state index contributed by atoms with van der Waals surface area (Å²) < 4.78 is 5.80. The van der Waals surface area contributed by atoms with Crippen molar-refractivity contribution in [2.75, 3.05) is 13.2 Å². The van der Waals surface area contributed by atoms with Gasteiger partial charge in [-0.2, -0.15) is 0 Å². The summed E-state index contributed by atoms with van der Waals surface area (Å²) >= 11 is 0. The van der Waals surface area contributed by atoms with Crippen LogP contribution in [0.2, 0.25) is 0 Å². The molecule has 1 aromatic rings. The van der Waals surface area contributed by atoms with E-state index in [2.05, 4.69) is 57.3 Å². The third-order valence-corrected chi connectivity index (χ3v) is 4.27. The predicted molar refractivity (Wildman–Crippen MR) is 89.5 cm³/mol. The highest BCUT2D eigenvalue weighted by Gasteiger charge is 2.30. The molecule has 0 bridgehead atoms. The third kappa shape index (κ3) is 4.82. The van der Waals surface area contributed by atoms with Gasteiger partial charge in [0, 0.05) is 12.0 Å². The van der Waals surface area contributed by atoms with E-state index in [4.69, 9.17) is 4.74 Å². The average molecular weight is 289 g/mol. The van der Waals surface area contributed by atoms with Gasteiger partial charge in [0.2, 0.25) is 0 Å². The fourth-order valence-electron chi connectivity index (χ4n) is 3.32. The van der Waals surface area contributed by atoms with Crippen LogP contribution in [0.4, 0.5) is 0 Å². The summed E-state index contributed by atoms with van der Waals surface area (Å²) in [6, 6.07) is 9.58. The number of nitrogens with one attached hydrogen (secondary N) is 1. The molecule has 0 radical (unpaired) electrons. The highest BCUT2D eigenvalue weighted by Crippen LogP contribution is 2.32. The molecule has 1 fully saturated rings. The number of ether oxygens (including phenoxy) is 1. The standard InChI is InChI=1S/C19H31NO/c1-5-9-20-19(18-11-15(4)21-13-18)17-8-6-7-16(12-17)10-14(2)3/h6-8,12,14-15,18-20H,5,9-11,13H2,1-4H3. The van der Waals surface area contributed by atoms with E-state index in [0.29, 0.717) is 24.0 Å². The van der Waals surface area contributed by atoms with E-state index in [0.717, 1.165) is 26.0 Å². The van der Waals surface area contributed by atoms with Crippen LogP contribution in [0.1, 0.15) is 57.7 Å². The van der Waals surface area contributed by atoms with E-state index in [9.17, 15) is 0 Å². The highest BCUT2D eigenvalue weighted by atomic mass is 16.5. The van der Waals surface area contributed by atoms with Gasteiger partial charge in [-0.1, -0.05) is 45.0 Å². The quantitative estimate of drug-likeness (QED) is 0.805. The maximum atomic E-state index is 5.80. The molecule has 0 spiro atoms. The molecular weight excluding hydrogens is 258 g/mol. The number of hydrogen-bond acceptors (Lipinski definition) is 2. The molecule has 21 heavy (non-hydrogen) atoms. The Morgan fingerprint density at radius 2 is 2.14 bits per heavy atom. The Morgan fingerprint density at radius 3 is 2.76 bits per heavy atom. The molecule has 3 unspecified atom stereocenters. The summed E-state index contributed by atoms with van der Waals surface area (Å²) in [6.45, 7) is 10.9. The largest absolute Gasteiger partial charge is 0.378 e. The molecule has 118 valence electrons. The SMILES string of the molecule is CCCNC(c1cccc(CC(C)C)c1)C1COC(C)C1. The van der Waals surface area contributed by atoms with Crippen LogP contribution in [0, 0.1) is 11.8 Å². The van der Waals surface area contributed by atoms with Gasteiger partial charge in [0.05, 0.1) is 12.7 Å². The first-order chi connectivity index (χ1) is 10.1. The zero-order valence-corrected chi connectivity index (χ0v) is 14.1. The minimum absolute atomic E-state index is 0.403. The van der Waals surface area contributed by atoms with Crippen molar-refractivity contribution in [2.24, 2.45) is 11.8 Å². The van der Waals surface area contributed by atoms with E-state index in [1.807, 2.05) is 0 Å². The fourth-order valence-corrected chi connectivity index (χ4v) is 3.32. The van der Waals surface area contributed by atoms with Crippen LogP contribution in [0.15, 0.2) is 24.3 Å². The van der Waals surface area contributed by atoms with Gasteiger partial charge in [-0.3, -0.25) is 0 Å². The Morgan fingerprint density at radius 1 is 1.33 bits per heavy atom. The summed E-state index contributed by atoms with van der Waals surface area (Å²) in [7, 11) is 0. The summed E-state index contributed by atoms with van der Waals surface area (Å²) in [5, 5.41) is 3.75. The summed E-state index contributed by atoms with van der Waals surface area (Å²) in [4.78, 5) is 0. The van der Waals surface area contributed by atoms with Crippen molar-refractivity contribution in [2.45, 2.75) is 59.1 Å². The molecule has 0 aromatic heterocycles. The number of rotatable bonds is 7. The van der Waals surface area contributed by atoms with Crippen LogP contribution >= 0.6 is 0 Å². The Balaban J connectivity index is 2.15. The van der Waals surface area contributed by atoms with Crippen molar-refractivity contribution >= 4 is 0 Å². The monoisotopic (exact) mass is 289 g/mol. The van der Waals surface area contributed by atoms with Crippen molar-refractivity contribution in [1.29, 1.82) is 0 Å². The molecule has 1 N–H and O–H groups in total. The second-order valence-electron chi connectivity index (χ2n) is 6.91. The van der Waals surface area contributed by atoms with Crippen molar-refractivity contribution in [1.82, 2.24) is 5.32 Å². The maximum absolute atomic E-state index is 5.80. The first kappa shape index (κ1) is 16.5. The van der Waals surface area contributed by atoms with Gasteiger partial charge in [0.1, 0.15) is 0 Å². The predicted octanol–water partition coefficient (Wildman–Crippen LogP) is 4.35. The van der Waals surface area contributed by atoms with Crippen LogP contribution in [-0.2, 0) is 11.2 Å². The lowest BCUT2D eigenvalue weighted by Crippen LogP contribution is -2.29. The van der Waals surface area contributed by atoms with E-state index in [1.54, 1.807) is 0 Å². The third-order valence-electron chi connectivity index (χ3n) is 4.27. The Labute approximate surface area is 130 Å². The molecule has 1 aliphatic heterocycles. The molecule has 0 saturated carbocycles. The molecule has 1 aromatic carbocycles. The first-order valence-corrected chi connectivity index (χ1v) is 8.54. The molecule has 1 heterocycles. The molecule has 0 amide bonds. The highest BCUT2D eigenvalue weighted by molar-refractivity contribution is 5.27. The van der Waals surface area contributed by atoms with E-state index in [-0.39, 0.29) is 0 Å². The first-order valence-electron chi connectivity index (χ1n) is 8.54. The summed E-state index contributed by atoms with van der Waals surface area (Å²) in [5.74, 6) is 1.30. The topological polar surface area (TPSA) is 21.3 Å². The van der Waals surface area contributed by atoms with Crippen LogP contribution in [0.5, 0.6) is 0 Å². The van der Waals surface area contributed by atoms with Gasteiger partial charge in [0.15, 0.2) is 0 Å². The number of hydrogen-bond donors (Lipinski definition) is 1. The minimum Gasteiger partial charge on any atom is -0.378 e. The lowest BCUT2D eigenvalue weighted by Gasteiger charge is -2.25. The van der Waals surface area contributed by atoms with Gasteiger partial charge >= 0.3 is 0 Å². The minimum atomic E-state index is 0.403. The summed E-state index contributed by atoms with van der Waals surface area (Å²) in [5.41, 5.74) is 2.89. The molecule has 2 nitrogen and oxygen atoms in total. The van der Waals surface area contributed by atoms with Crippen molar-refractivity contribution < 1.29 is 4.74 Å². The average Bonchev–Trinajstić information content (AvgIpc) is 2.85. The molecule has 0 aliphatic carbocycles. The van der Waals surface area contributed by atoms with Crippen LogP contribution in [-0.4, -0.2) is 19.3 Å². The maximum Gasteiger partial charge on any atom is 0.0551 e. The Kier molecular flexibility index (Phi) is 6.25. The molecule has 1 saturated heterocycles. The smallest absolute Gasteiger partial charge is 0.0551 e. The van der Waals surface area contributed by atoms with E-state index in [1.165, 1.54) is 17.5 Å². The molecule has 3 atom stereocenters. The van der Waals surface area contributed by atoms with E-state index >= 15 is 0 Å². The van der Waals surface area contributed by atoms with Crippen molar-refractivity contribution in [3.8, 4) is 0 Å². The van der Waals surface area contributed by atoms with Gasteiger partial charge in [-0.15, -0.1) is 0 Å². The van der Waals surface area contributed by atoms with Gasteiger partial charge in [0.25, 0.3) is 0 Å². The Bertz CT molecular complexity index is 429. The normalized spacial score (nSPS) is 23.7. The van der Waals surface area contributed by atoms with Crippen molar-refractivity contribution in [3.05, 3.63) is 35.4 Å². The number of benzene rings is 1. The lowest BCUT2D eigenvalue weighted by atomic mass is 9.89. The molecular formula is C19H31NO. The molecule has 2 heteroatoms. The summed E-state index contributed by atoms with van der Waals surface area (Å²) in [6.07, 6.45) is 3.90. The van der Waals surface area contributed by atoms with Crippen LogP contribution in [0.25, 0.3) is 0 Å². The second kappa shape index (κ2) is 7.95. The van der Waals surface area contributed by atoms with Crippen LogP contribution < -0.4 is 5.32 Å². The molecule has 1 aliphatic rings. The zero-order valence-electron chi connectivity index (χ0n) is 14.1. The van der Waals surface area contributed by atoms with Crippen molar-refractivity contribution in [3.63, 3.8) is 0 Å². The van der Waals surface area contributed by atoms with Crippen LogP contribution in [0.3, 0.4) is 0 Å². The lowest BCUT2D eigenvalue weighted by molar-refractivity contribution is 0.117. The van der Waals surface area contributed by atoms with Gasteiger partial charge in [-0.05, 0) is 49.8 Å².